The third-order valence-corrected chi connectivity index (χ3v) is 5.63. The van der Waals surface area contributed by atoms with Crippen molar-refractivity contribution < 1.29 is 9.59 Å². The molecule has 2 aliphatic rings. The van der Waals surface area contributed by atoms with E-state index in [2.05, 4.69) is 5.32 Å². The Balaban J connectivity index is 1.69. The minimum atomic E-state index is -0.0491. The Morgan fingerprint density at radius 2 is 1.77 bits per heavy atom. The molecule has 0 atom stereocenters. The molecule has 5 nitrogen and oxygen atoms in total. The molecule has 2 heterocycles. The van der Waals surface area contributed by atoms with Gasteiger partial charge in [0, 0.05) is 36.7 Å². The highest BCUT2D eigenvalue weighted by molar-refractivity contribution is 5.95. The molecule has 2 amide bonds. The molecule has 142 valence electrons. The maximum atomic E-state index is 12.6. The third kappa shape index (κ3) is 4.25. The first-order valence-electron chi connectivity index (χ1n) is 10.0. The molecule has 0 bridgehead atoms. The van der Waals surface area contributed by atoms with Crippen molar-refractivity contribution in [3.05, 3.63) is 29.1 Å². The number of amides is 2. The number of piperidine rings is 1. The summed E-state index contributed by atoms with van der Waals surface area (Å²) >= 11 is 0. The molecule has 0 radical (unpaired) electrons. The summed E-state index contributed by atoms with van der Waals surface area (Å²) in [6, 6.07) is 3.89. The van der Waals surface area contributed by atoms with Gasteiger partial charge in [0.2, 0.25) is 5.91 Å². The van der Waals surface area contributed by atoms with Gasteiger partial charge in [-0.1, -0.05) is 12.8 Å². The topological polar surface area (TPSA) is 62.3 Å². The van der Waals surface area contributed by atoms with Gasteiger partial charge in [0.25, 0.3) is 5.91 Å². The molecule has 1 saturated heterocycles. The molecule has 1 saturated carbocycles. The van der Waals surface area contributed by atoms with Gasteiger partial charge in [0.15, 0.2) is 0 Å². The monoisotopic (exact) mass is 357 g/mol. The van der Waals surface area contributed by atoms with Crippen LogP contribution >= 0.6 is 0 Å². The van der Waals surface area contributed by atoms with Crippen LogP contribution in [-0.4, -0.2) is 40.8 Å². The number of rotatable bonds is 4. The Bertz CT molecular complexity index is 657. The molecular weight excluding hydrogens is 326 g/mol. The summed E-state index contributed by atoms with van der Waals surface area (Å²) in [6.07, 6.45) is 6.26. The van der Waals surface area contributed by atoms with E-state index in [1.807, 2.05) is 37.8 Å². The normalized spacial score (nSPS) is 19.2. The Morgan fingerprint density at radius 3 is 2.38 bits per heavy atom. The van der Waals surface area contributed by atoms with Crippen LogP contribution < -0.4 is 5.32 Å². The van der Waals surface area contributed by atoms with Crippen molar-refractivity contribution >= 4 is 11.8 Å². The average Bonchev–Trinajstić information content (AvgIpc) is 3.15. The van der Waals surface area contributed by atoms with Gasteiger partial charge in [-0.2, -0.15) is 0 Å². The van der Waals surface area contributed by atoms with Crippen LogP contribution in [0.4, 0.5) is 0 Å². The van der Waals surface area contributed by atoms with E-state index in [9.17, 15) is 9.59 Å². The van der Waals surface area contributed by atoms with E-state index in [0.717, 1.165) is 50.2 Å². The van der Waals surface area contributed by atoms with Crippen molar-refractivity contribution in [3.63, 3.8) is 0 Å². The van der Waals surface area contributed by atoms with Gasteiger partial charge in [0.1, 0.15) is 0 Å². The van der Waals surface area contributed by atoms with Gasteiger partial charge in [-0.05, 0) is 58.6 Å². The van der Waals surface area contributed by atoms with Crippen LogP contribution in [0.2, 0.25) is 0 Å². The van der Waals surface area contributed by atoms with Crippen molar-refractivity contribution in [2.45, 2.75) is 71.3 Å². The van der Waals surface area contributed by atoms with Crippen molar-refractivity contribution in [1.29, 1.82) is 0 Å². The fourth-order valence-corrected chi connectivity index (χ4v) is 4.22. The zero-order chi connectivity index (χ0) is 18.7. The van der Waals surface area contributed by atoms with E-state index in [1.165, 1.54) is 12.8 Å². The van der Waals surface area contributed by atoms with Crippen LogP contribution in [0, 0.1) is 12.8 Å². The lowest BCUT2D eigenvalue weighted by molar-refractivity contribution is -0.136. The van der Waals surface area contributed by atoms with Gasteiger partial charge < -0.3 is 10.2 Å². The van der Waals surface area contributed by atoms with E-state index in [0.29, 0.717) is 11.5 Å². The van der Waals surface area contributed by atoms with Gasteiger partial charge >= 0.3 is 0 Å². The summed E-state index contributed by atoms with van der Waals surface area (Å²) in [7, 11) is 0. The van der Waals surface area contributed by atoms with Crippen LogP contribution in [0.25, 0.3) is 0 Å². The molecule has 0 aromatic carbocycles. The maximum Gasteiger partial charge on any atom is 0.253 e. The molecule has 0 spiro atoms. The zero-order valence-electron chi connectivity index (χ0n) is 16.3. The van der Waals surface area contributed by atoms with Crippen LogP contribution in [0.1, 0.15) is 80.0 Å². The fourth-order valence-electron chi connectivity index (χ4n) is 4.22. The number of likely N-dealkylation sites (tertiary alicyclic amines) is 1. The van der Waals surface area contributed by atoms with E-state index in [-0.39, 0.29) is 23.8 Å². The predicted molar refractivity (Wildman–Crippen MR) is 102 cm³/mol. The first-order chi connectivity index (χ1) is 12.5. The molecule has 5 heteroatoms. The molecule has 1 aliphatic carbocycles. The van der Waals surface area contributed by atoms with E-state index >= 15 is 0 Å². The number of hydrogen-bond acceptors (Lipinski definition) is 3. The smallest absolute Gasteiger partial charge is 0.253 e. The summed E-state index contributed by atoms with van der Waals surface area (Å²) in [5.74, 6) is 0.786. The number of nitrogens with one attached hydrogen (secondary N) is 1. The molecule has 26 heavy (non-hydrogen) atoms. The van der Waals surface area contributed by atoms with Crippen LogP contribution in [0.5, 0.6) is 0 Å². The maximum absolute atomic E-state index is 12.6. The van der Waals surface area contributed by atoms with Crippen molar-refractivity contribution in [2.24, 2.45) is 5.92 Å². The van der Waals surface area contributed by atoms with Crippen LogP contribution in [0.15, 0.2) is 12.1 Å². The van der Waals surface area contributed by atoms with Gasteiger partial charge in [-0.3, -0.25) is 14.6 Å². The summed E-state index contributed by atoms with van der Waals surface area (Å²) in [6.45, 7) is 7.45. The summed E-state index contributed by atoms with van der Waals surface area (Å²) in [4.78, 5) is 31.9. The van der Waals surface area contributed by atoms with Gasteiger partial charge in [-0.15, -0.1) is 0 Å². The quantitative estimate of drug-likeness (QED) is 0.898. The summed E-state index contributed by atoms with van der Waals surface area (Å²) in [5.41, 5.74) is 2.52. The van der Waals surface area contributed by atoms with Crippen molar-refractivity contribution in [1.82, 2.24) is 15.2 Å². The molecule has 3 rings (SSSR count). The van der Waals surface area contributed by atoms with E-state index < -0.39 is 0 Å². The SMILES string of the molecule is Cc1ccc(C(=O)NC(C)C)c(C2CCN(C(=O)C3CCCC3)CC2)n1. The lowest BCUT2D eigenvalue weighted by Gasteiger charge is -2.34. The first kappa shape index (κ1) is 18.9. The summed E-state index contributed by atoms with van der Waals surface area (Å²) < 4.78 is 0. The zero-order valence-corrected chi connectivity index (χ0v) is 16.3. The van der Waals surface area contributed by atoms with Crippen molar-refractivity contribution in [2.75, 3.05) is 13.1 Å². The van der Waals surface area contributed by atoms with E-state index in [1.54, 1.807) is 0 Å². The second-order valence-electron chi connectivity index (χ2n) is 8.09. The molecule has 1 aromatic heterocycles. The number of carbonyl (C=O) groups is 2. The lowest BCUT2D eigenvalue weighted by atomic mass is 9.89. The second kappa shape index (κ2) is 8.19. The van der Waals surface area contributed by atoms with Gasteiger partial charge in [-0.25, -0.2) is 0 Å². The van der Waals surface area contributed by atoms with E-state index in [4.69, 9.17) is 4.98 Å². The molecule has 0 unspecified atom stereocenters. The highest BCUT2D eigenvalue weighted by Crippen LogP contribution is 2.32. The second-order valence-corrected chi connectivity index (χ2v) is 8.09. The average molecular weight is 357 g/mol. The molecular formula is C21H31N3O2. The molecule has 1 aliphatic heterocycles. The summed E-state index contributed by atoms with van der Waals surface area (Å²) in [5, 5.41) is 2.98. The van der Waals surface area contributed by atoms with Crippen LogP contribution in [0.3, 0.4) is 0 Å². The fraction of sp³-hybridized carbons (Fsp3) is 0.667. The number of pyridine rings is 1. The lowest BCUT2D eigenvalue weighted by Crippen LogP contribution is -2.41. The minimum Gasteiger partial charge on any atom is -0.350 e. The van der Waals surface area contributed by atoms with Crippen LogP contribution in [-0.2, 0) is 4.79 Å². The molecule has 1 N–H and O–H groups in total. The number of aryl methyl sites for hydroxylation is 1. The Morgan fingerprint density at radius 1 is 1.12 bits per heavy atom. The Kier molecular flexibility index (Phi) is 5.94. The number of carbonyl (C=O) groups excluding carboxylic acids is 2. The number of aromatic nitrogens is 1. The Labute approximate surface area is 156 Å². The standard InChI is InChI=1S/C21H31N3O2/c1-14(2)22-20(25)18-9-8-15(3)23-19(18)16-10-12-24(13-11-16)21(26)17-6-4-5-7-17/h8-9,14,16-17H,4-7,10-13H2,1-3H3,(H,22,25). The highest BCUT2D eigenvalue weighted by Gasteiger charge is 2.32. The highest BCUT2D eigenvalue weighted by atomic mass is 16.2. The molecule has 2 fully saturated rings. The number of hydrogen-bond donors (Lipinski definition) is 1. The van der Waals surface area contributed by atoms with Crippen molar-refractivity contribution in [3.8, 4) is 0 Å². The van der Waals surface area contributed by atoms with Gasteiger partial charge in [0.05, 0.1) is 11.3 Å². The minimum absolute atomic E-state index is 0.0491. The first-order valence-corrected chi connectivity index (χ1v) is 10.0. The number of nitrogens with zero attached hydrogens (tertiary/aromatic N) is 2. The molecule has 1 aromatic rings. The largest absolute Gasteiger partial charge is 0.350 e. The predicted octanol–water partition coefficient (Wildman–Crippen LogP) is 3.42. The Hall–Kier alpha value is -1.91. The third-order valence-electron chi connectivity index (χ3n) is 5.63.